The molecule has 0 saturated heterocycles. The van der Waals surface area contributed by atoms with E-state index in [9.17, 15) is 9.59 Å². The van der Waals surface area contributed by atoms with Crippen molar-refractivity contribution >= 4 is 23.3 Å². The van der Waals surface area contributed by atoms with E-state index in [2.05, 4.69) is 27.2 Å². The van der Waals surface area contributed by atoms with Crippen molar-refractivity contribution < 1.29 is 19.4 Å². The molecule has 25 heavy (non-hydrogen) atoms. The highest BCUT2D eigenvalue weighted by Crippen LogP contribution is 2.42. The lowest BCUT2D eigenvalue weighted by atomic mass is 10.0. The highest BCUT2D eigenvalue weighted by molar-refractivity contribution is 5.98. The van der Waals surface area contributed by atoms with Crippen LogP contribution in [0.4, 0.5) is 5.69 Å². The lowest BCUT2D eigenvalue weighted by Crippen LogP contribution is -2.36. The molecule has 0 radical (unpaired) electrons. The van der Waals surface area contributed by atoms with E-state index in [4.69, 9.17) is 5.11 Å². The molecule has 8 heteroatoms. The minimum Gasteiger partial charge on any atom is -0.476 e. The number of carboxylic acid groups (broad SMARTS) is 1. The zero-order valence-electron chi connectivity index (χ0n) is 13.5. The number of nitrogens with one attached hydrogen (secondary N) is 2. The minimum absolute atomic E-state index is 0.0447. The Morgan fingerprint density at radius 1 is 1.40 bits per heavy atom. The van der Waals surface area contributed by atoms with Gasteiger partial charge in [-0.25, -0.2) is 4.79 Å². The fraction of sp³-hybridized carbons (Fsp3) is 0.294. The van der Waals surface area contributed by atoms with Crippen molar-refractivity contribution in [2.45, 2.75) is 25.9 Å². The van der Waals surface area contributed by atoms with E-state index in [1.54, 1.807) is 4.90 Å². The van der Waals surface area contributed by atoms with E-state index >= 15 is 0 Å². The molecule has 5 rings (SSSR count). The summed E-state index contributed by atoms with van der Waals surface area (Å²) < 4.78 is 2.09. The number of carbonyl (C=O) groups is 2. The van der Waals surface area contributed by atoms with Gasteiger partial charge in [-0.2, -0.15) is 10.5 Å². The van der Waals surface area contributed by atoms with Crippen LogP contribution in [-0.2, 0) is 13.0 Å². The molecule has 3 N–H and O–H groups in total. The maximum absolute atomic E-state index is 12.9. The van der Waals surface area contributed by atoms with Crippen molar-refractivity contribution in [1.29, 1.82) is 0 Å². The predicted molar refractivity (Wildman–Crippen MR) is 87.7 cm³/mol. The number of benzene rings is 1. The van der Waals surface area contributed by atoms with Gasteiger partial charge in [0.05, 0.1) is 17.8 Å². The summed E-state index contributed by atoms with van der Waals surface area (Å²) in [5, 5.41) is 15.8. The van der Waals surface area contributed by atoms with Crippen LogP contribution in [0.25, 0.3) is 0 Å². The minimum atomic E-state index is -1.04. The number of amides is 1. The fourth-order valence-corrected chi connectivity index (χ4v) is 3.81. The Morgan fingerprint density at radius 3 is 3.04 bits per heavy atom. The molecule has 1 unspecified atom stereocenters. The first kappa shape index (κ1) is 14.2. The van der Waals surface area contributed by atoms with Gasteiger partial charge in [0, 0.05) is 24.6 Å². The van der Waals surface area contributed by atoms with Crippen LogP contribution in [0.1, 0.15) is 50.6 Å². The number of hydrazine groups is 1. The van der Waals surface area contributed by atoms with Crippen molar-refractivity contribution in [3.8, 4) is 0 Å². The number of nitrogens with zero attached hydrogens (tertiary/aromatic N) is 3. The summed E-state index contributed by atoms with van der Waals surface area (Å²) >= 11 is 0. The van der Waals surface area contributed by atoms with Crippen molar-refractivity contribution in [2.75, 3.05) is 12.0 Å². The van der Waals surface area contributed by atoms with Crippen LogP contribution >= 0.6 is 0 Å². The number of fused-ring (bicyclic) bond motifs is 4. The van der Waals surface area contributed by atoms with E-state index in [0.717, 1.165) is 11.3 Å². The fourth-order valence-electron chi connectivity index (χ4n) is 3.81. The Labute approximate surface area is 142 Å². The summed E-state index contributed by atoms with van der Waals surface area (Å²) in [6, 6.07) is 6.01. The van der Waals surface area contributed by atoms with E-state index in [1.165, 1.54) is 5.71 Å². The molecule has 1 aromatic carbocycles. The van der Waals surface area contributed by atoms with Gasteiger partial charge < -0.3 is 10.0 Å². The summed E-state index contributed by atoms with van der Waals surface area (Å²) in [7, 11) is 0. The molecule has 0 fully saturated rings. The number of H-pyrrole nitrogens is 1. The normalized spacial score (nSPS) is 19.9. The summed E-state index contributed by atoms with van der Waals surface area (Å²) in [6.07, 6.45) is 0.495. The Hall–Kier alpha value is -3.16. The molecule has 4 heterocycles. The van der Waals surface area contributed by atoms with Crippen molar-refractivity contribution in [3.05, 3.63) is 46.3 Å². The van der Waals surface area contributed by atoms with Gasteiger partial charge in [-0.15, -0.1) is 0 Å². The highest BCUT2D eigenvalue weighted by atomic mass is 16.4. The number of hydrazone groups is 1. The van der Waals surface area contributed by atoms with E-state index in [0.29, 0.717) is 36.3 Å². The Morgan fingerprint density at radius 2 is 2.24 bits per heavy atom. The van der Waals surface area contributed by atoms with Gasteiger partial charge >= 0.3 is 5.97 Å². The number of hydrogen-bond acceptors (Lipinski definition) is 4. The van der Waals surface area contributed by atoms with Crippen LogP contribution in [0, 0.1) is 0 Å². The zero-order chi connectivity index (χ0) is 17.3. The molecule has 0 spiro atoms. The standard InChI is InChI=1S/C17H15N5O3/c1-8-15-11-6-9(2-3-12(11)20-22(8)15)16(23)21-5-4-10-13(7-21)18-19-14(10)17(24)25/h2-3,6,15H,4-5,7H2,1H3,(H2-,18,19,20,23,24,25)/p+1. The molecule has 3 aliphatic rings. The largest absolute Gasteiger partial charge is 0.476 e. The molecule has 8 nitrogen and oxygen atoms in total. The summed E-state index contributed by atoms with van der Waals surface area (Å²) in [5.74, 6) is -1.08. The van der Waals surface area contributed by atoms with Crippen molar-refractivity contribution in [1.82, 2.24) is 15.1 Å². The van der Waals surface area contributed by atoms with Gasteiger partial charge in [-0.05, 0) is 24.6 Å². The molecule has 0 bridgehead atoms. The molecular weight excluding hydrogens is 322 g/mol. The number of hydrogen-bond donors (Lipinski definition) is 3. The molecule has 0 saturated carbocycles. The van der Waals surface area contributed by atoms with Crippen LogP contribution in [0.3, 0.4) is 0 Å². The van der Waals surface area contributed by atoms with Crippen LogP contribution in [0.5, 0.6) is 0 Å². The third-order valence-electron chi connectivity index (χ3n) is 5.22. The number of carboxylic acids is 1. The molecule has 1 atom stereocenters. The molecular formula is C17H16N5O3+. The van der Waals surface area contributed by atoms with Crippen LogP contribution in [-0.4, -0.2) is 49.0 Å². The first-order valence-electron chi connectivity index (χ1n) is 8.16. The zero-order valence-corrected chi connectivity index (χ0v) is 13.5. The molecule has 2 aromatic rings. The SMILES string of the molecule is CC1=[N+]2Nc3ccc(C(=O)N4CCc5c(C(=O)O)n[nH]c5C4)cc3C12. The first-order chi connectivity index (χ1) is 12.0. The number of rotatable bonds is 2. The molecule has 0 aliphatic carbocycles. The topological polar surface area (TPSA) is 101 Å². The maximum Gasteiger partial charge on any atom is 0.356 e. The van der Waals surface area contributed by atoms with E-state index in [-0.39, 0.29) is 17.6 Å². The third-order valence-corrected chi connectivity index (χ3v) is 5.22. The third kappa shape index (κ3) is 1.93. The highest BCUT2D eigenvalue weighted by Gasteiger charge is 2.54. The molecule has 1 amide bonds. The van der Waals surface area contributed by atoms with Crippen molar-refractivity contribution in [3.63, 3.8) is 0 Å². The lowest BCUT2D eigenvalue weighted by molar-refractivity contribution is -0.432. The van der Waals surface area contributed by atoms with Crippen LogP contribution in [0.2, 0.25) is 0 Å². The number of aromatic carboxylic acids is 1. The number of anilines is 1. The lowest BCUT2D eigenvalue weighted by Gasteiger charge is -2.26. The average Bonchev–Trinajstić information content (AvgIpc) is 3.00. The van der Waals surface area contributed by atoms with E-state index in [1.807, 2.05) is 18.2 Å². The second-order valence-electron chi connectivity index (χ2n) is 6.64. The maximum atomic E-state index is 12.9. The molecule has 3 aliphatic heterocycles. The van der Waals surface area contributed by atoms with Crippen LogP contribution < -0.4 is 5.43 Å². The number of carbonyl (C=O) groups excluding carboxylic acids is 1. The van der Waals surface area contributed by atoms with Crippen LogP contribution in [0.15, 0.2) is 18.2 Å². The predicted octanol–water partition coefficient (Wildman–Crippen LogP) is 1.17. The Bertz CT molecular complexity index is 990. The van der Waals surface area contributed by atoms with Gasteiger partial charge in [-0.1, -0.05) is 4.68 Å². The summed E-state index contributed by atoms with van der Waals surface area (Å²) in [5.41, 5.74) is 8.87. The Balaban J connectivity index is 1.40. The van der Waals surface area contributed by atoms with Gasteiger partial charge in [0.2, 0.25) is 0 Å². The quantitative estimate of drug-likeness (QED) is 0.714. The molecule has 126 valence electrons. The number of aromatic amines is 1. The second-order valence-corrected chi connectivity index (χ2v) is 6.64. The van der Waals surface area contributed by atoms with Crippen molar-refractivity contribution in [2.24, 2.45) is 0 Å². The monoisotopic (exact) mass is 338 g/mol. The first-order valence-corrected chi connectivity index (χ1v) is 8.16. The molecule has 1 aromatic heterocycles. The Kier molecular flexibility index (Phi) is 2.66. The smallest absolute Gasteiger partial charge is 0.356 e. The second kappa shape index (κ2) is 4.69. The van der Waals surface area contributed by atoms with Gasteiger partial charge in [-0.3, -0.25) is 9.89 Å². The summed E-state index contributed by atoms with van der Waals surface area (Å²) in [4.78, 5) is 25.8. The average molecular weight is 338 g/mol. The van der Waals surface area contributed by atoms with Gasteiger partial charge in [0.1, 0.15) is 5.69 Å². The summed E-state index contributed by atoms with van der Waals surface area (Å²) in [6.45, 7) is 2.91. The van der Waals surface area contributed by atoms with Gasteiger partial charge in [0.15, 0.2) is 5.69 Å². The number of aromatic nitrogens is 2. The van der Waals surface area contributed by atoms with E-state index < -0.39 is 5.97 Å². The van der Waals surface area contributed by atoms with Gasteiger partial charge in [0.25, 0.3) is 17.7 Å².